The van der Waals surface area contributed by atoms with Gasteiger partial charge in [-0.25, -0.2) is 9.97 Å². The fourth-order valence-corrected chi connectivity index (χ4v) is 3.07. The highest BCUT2D eigenvalue weighted by atomic mass is 79.9. The van der Waals surface area contributed by atoms with Gasteiger partial charge in [0, 0.05) is 28.5 Å². The van der Waals surface area contributed by atoms with Gasteiger partial charge in [-0.15, -0.1) is 0 Å². The van der Waals surface area contributed by atoms with Crippen molar-refractivity contribution in [2.45, 2.75) is 12.8 Å². The number of nitrogens with one attached hydrogen (secondary N) is 2. The Balaban J connectivity index is 1.90. The summed E-state index contributed by atoms with van der Waals surface area (Å²) < 4.78 is 0.956. The molecule has 2 N–H and O–H groups in total. The van der Waals surface area contributed by atoms with Crippen molar-refractivity contribution in [1.82, 2.24) is 15.0 Å². The SMILES string of the molecule is Brc1cnc2nc(-c3cccc4c3CCCN4)[nH]c2c1. The zero-order valence-electron chi connectivity index (χ0n) is 10.8. The lowest BCUT2D eigenvalue weighted by Crippen LogP contribution is -2.12. The minimum Gasteiger partial charge on any atom is -0.385 e. The van der Waals surface area contributed by atoms with E-state index >= 15 is 0 Å². The number of aromatic amines is 1. The van der Waals surface area contributed by atoms with E-state index < -0.39 is 0 Å². The van der Waals surface area contributed by atoms with E-state index in [1.54, 1.807) is 6.20 Å². The average molecular weight is 329 g/mol. The second-order valence-electron chi connectivity index (χ2n) is 4.97. The molecule has 1 aromatic carbocycles. The maximum absolute atomic E-state index is 4.62. The van der Waals surface area contributed by atoms with Gasteiger partial charge in [-0.3, -0.25) is 0 Å². The van der Waals surface area contributed by atoms with E-state index in [0.717, 1.165) is 40.8 Å². The zero-order valence-corrected chi connectivity index (χ0v) is 12.4. The van der Waals surface area contributed by atoms with Crippen LogP contribution in [0.15, 0.2) is 34.9 Å². The summed E-state index contributed by atoms with van der Waals surface area (Å²) in [5.41, 5.74) is 5.45. The first-order valence-corrected chi connectivity index (χ1v) is 7.48. The molecule has 0 atom stereocenters. The molecular weight excluding hydrogens is 316 g/mol. The van der Waals surface area contributed by atoms with Crippen LogP contribution in [0.5, 0.6) is 0 Å². The molecule has 0 spiro atoms. The number of anilines is 1. The molecule has 1 aliphatic rings. The summed E-state index contributed by atoms with van der Waals surface area (Å²) in [6, 6.07) is 8.34. The summed E-state index contributed by atoms with van der Waals surface area (Å²) in [5, 5.41) is 3.45. The van der Waals surface area contributed by atoms with Gasteiger partial charge >= 0.3 is 0 Å². The third kappa shape index (κ3) is 1.89. The number of rotatable bonds is 1. The molecule has 20 heavy (non-hydrogen) atoms. The van der Waals surface area contributed by atoms with E-state index in [2.05, 4.69) is 54.4 Å². The highest BCUT2D eigenvalue weighted by Crippen LogP contribution is 2.32. The lowest BCUT2D eigenvalue weighted by atomic mass is 9.97. The normalized spacial score (nSPS) is 14.1. The number of imidazole rings is 1. The molecular formula is C15H13BrN4. The number of hydrogen-bond acceptors (Lipinski definition) is 3. The minimum absolute atomic E-state index is 0.754. The predicted molar refractivity (Wildman–Crippen MR) is 83.8 cm³/mol. The van der Waals surface area contributed by atoms with Crippen molar-refractivity contribution in [1.29, 1.82) is 0 Å². The van der Waals surface area contributed by atoms with Crippen LogP contribution in [0.3, 0.4) is 0 Å². The Kier molecular flexibility index (Phi) is 2.73. The molecule has 2 aromatic heterocycles. The predicted octanol–water partition coefficient (Wildman–Crippen LogP) is 3.75. The monoisotopic (exact) mass is 328 g/mol. The van der Waals surface area contributed by atoms with Crippen molar-refractivity contribution in [3.8, 4) is 11.4 Å². The Hall–Kier alpha value is -1.88. The molecule has 0 amide bonds. The molecule has 0 aliphatic carbocycles. The second kappa shape index (κ2) is 4.59. The first-order chi connectivity index (χ1) is 9.81. The quantitative estimate of drug-likeness (QED) is 0.715. The Morgan fingerprint density at radius 1 is 1.25 bits per heavy atom. The highest BCUT2D eigenvalue weighted by Gasteiger charge is 2.16. The maximum Gasteiger partial charge on any atom is 0.178 e. The van der Waals surface area contributed by atoms with Gasteiger partial charge in [0.2, 0.25) is 0 Å². The van der Waals surface area contributed by atoms with E-state index in [1.165, 1.54) is 16.8 Å². The van der Waals surface area contributed by atoms with Crippen molar-refractivity contribution in [2.24, 2.45) is 0 Å². The van der Waals surface area contributed by atoms with Gasteiger partial charge in [0.05, 0.1) is 5.52 Å². The smallest absolute Gasteiger partial charge is 0.178 e. The number of nitrogens with zero attached hydrogens (tertiary/aromatic N) is 2. The standard InChI is InChI=1S/C15H13BrN4/c16-9-7-13-15(18-8-9)20-14(19-13)11-3-1-5-12-10(11)4-2-6-17-12/h1,3,5,7-8,17H,2,4,6H2,(H,18,19,20). The van der Waals surface area contributed by atoms with Gasteiger partial charge in [-0.2, -0.15) is 0 Å². The van der Waals surface area contributed by atoms with Crippen LogP contribution in [0.25, 0.3) is 22.6 Å². The Bertz CT molecular complexity index is 794. The average Bonchev–Trinajstić information content (AvgIpc) is 2.89. The van der Waals surface area contributed by atoms with Gasteiger partial charge in [0.1, 0.15) is 5.82 Å². The first kappa shape index (κ1) is 11.9. The number of hydrogen-bond donors (Lipinski definition) is 2. The lowest BCUT2D eigenvalue weighted by molar-refractivity contribution is 0.831. The van der Waals surface area contributed by atoms with Gasteiger partial charge in [-0.05, 0) is 46.5 Å². The van der Waals surface area contributed by atoms with E-state index in [1.807, 2.05) is 6.07 Å². The van der Waals surface area contributed by atoms with Crippen molar-refractivity contribution < 1.29 is 0 Å². The number of halogens is 1. The first-order valence-electron chi connectivity index (χ1n) is 6.69. The van der Waals surface area contributed by atoms with Gasteiger partial charge in [-0.1, -0.05) is 12.1 Å². The fraction of sp³-hybridized carbons (Fsp3) is 0.200. The number of pyridine rings is 1. The molecule has 3 aromatic rings. The van der Waals surface area contributed by atoms with Crippen LogP contribution < -0.4 is 5.32 Å². The van der Waals surface area contributed by atoms with E-state index in [9.17, 15) is 0 Å². The molecule has 4 rings (SSSR count). The molecule has 3 heterocycles. The summed E-state index contributed by atoms with van der Waals surface area (Å²) in [4.78, 5) is 12.3. The number of fused-ring (bicyclic) bond motifs is 2. The number of H-pyrrole nitrogens is 1. The molecule has 5 heteroatoms. The van der Waals surface area contributed by atoms with E-state index in [0.29, 0.717) is 0 Å². The van der Waals surface area contributed by atoms with Crippen LogP contribution >= 0.6 is 15.9 Å². The van der Waals surface area contributed by atoms with Crippen LogP contribution in [0.1, 0.15) is 12.0 Å². The van der Waals surface area contributed by atoms with Crippen LogP contribution in [-0.2, 0) is 6.42 Å². The van der Waals surface area contributed by atoms with Crippen molar-refractivity contribution in [3.63, 3.8) is 0 Å². The molecule has 0 radical (unpaired) electrons. The van der Waals surface area contributed by atoms with Gasteiger partial charge < -0.3 is 10.3 Å². The highest BCUT2D eigenvalue weighted by molar-refractivity contribution is 9.10. The summed E-state index contributed by atoms with van der Waals surface area (Å²) in [6.07, 6.45) is 4.02. The van der Waals surface area contributed by atoms with Gasteiger partial charge in [0.25, 0.3) is 0 Å². The Labute approximate surface area is 124 Å². The third-order valence-corrected chi connectivity index (χ3v) is 4.09. The minimum atomic E-state index is 0.754. The molecule has 0 fully saturated rings. The molecule has 0 bridgehead atoms. The third-order valence-electron chi connectivity index (χ3n) is 3.65. The lowest BCUT2D eigenvalue weighted by Gasteiger charge is -2.20. The van der Waals surface area contributed by atoms with Crippen LogP contribution in [0.4, 0.5) is 5.69 Å². The summed E-state index contributed by atoms with van der Waals surface area (Å²) in [7, 11) is 0. The van der Waals surface area contributed by atoms with Crippen molar-refractivity contribution in [2.75, 3.05) is 11.9 Å². The summed E-state index contributed by atoms with van der Waals surface area (Å²) >= 11 is 3.44. The van der Waals surface area contributed by atoms with E-state index in [-0.39, 0.29) is 0 Å². The molecule has 0 unspecified atom stereocenters. The Morgan fingerprint density at radius 3 is 3.15 bits per heavy atom. The molecule has 4 nitrogen and oxygen atoms in total. The largest absolute Gasteiger partial charge is 0.385 e. The Morgan fingerprint density at radius 2 is 2.20 bits per heavy atom. The van der Waals surface area contributed by atoms with Crippen LogP contribution in [0.2, 0.25) is 0 Å². The molecule has 100 valence electrons. The molecule has 1 aliphatic heterocycles. The van der Waals surface area contributed by atoms with Crippen molar-refractivity contribution >= 4 is 32.8 Å². The maximum atomic E-state index is 4.62. The summed E-state index contributed by atoms with van der Waals surface area (Å²) in [5.74, 6) is 0.895. The van der Waals surface area contributed by atoms with Crippen LogP contribution in [0, 0.1) is 0 Å². The molecule has 0 saturated carbocycles. The fourth-order valence-electron chi connectivity index (χ4n) is 2.73. The van der Waals surface area contributed by atoms with E-state index in [4.69, 9.17) is 0 Å². The topological polar surface area (TPSA) is 53.6 Å². The number of benzene rings is 1. The van der Waals surface area contributed by atoms with Crippen molar-refractivity contribution in [3.05, 3.63) is 40.5 Å². The zero-order chi connectivity index (χ0) is 13.5. The summed E-state index contributed by atoms with van der Waals surface area (Å²) in [6.45, 7) is 1.05. The van der Waals surface area contributed by atoms with Gasteiger partial charge in [0.15, 0.2) is 5.65 Å². The second-order valence-corrected chi connectivity index (χ2v) is 5.89. The van der Waals surface area contributed by atoms with Crippen LogP contribution in [-0.4, -0.2) is 21.5 Å². The molecule has 0 saturated heterocycles. The number of aromatic nitrogens is 3.